The van der Waals surface area contributed by atoms with Crippen LogP contribution >= 0.6 is 46.3 Å². The van der Waals surface area contributed by atoms with Gasteiger partial charge >= 0.3 is 0 Å². The van der Waals surface area contributed by atoms with E-state index in [1.807, 2.05) is 41.8 Å². The Kier molecular flexibility index (Phi) is 6.10. The Morgan fingerprint density at radius 2 is 1.97 bits per heavy atom. The highest BCUT2D eigenvalue weighted by atomic mass is 35.5. The molecule has 0 aliphatic rings. The fourth-order valence-electron chi connectivity index (χ4n) is 2.40. The molecule has 0 saturated heterocycles. The van der Waals surface area contributed by atoms with E-state index in [2.05, 4.69) is 25.8 Å². The van der Waals surface area contributed by atoms with E-state index in [4.69, 9.17) is 23.2 Å². The lowest BCUT2D eigenvalue weighted by atomic mass is 10.2. The molecule has 0 saturated carbocycles. The number of amides is 1. The summed E-state index contributed by atoms with van der Waals surface area (Å²) >= 11 is 14.6. The topological polar surface area (TPSA) is 85.6 Å². The van der Waals surface area contributed by atoms with Gasteiger partial charge in [0, 0.05) is 10.9 Å². The number of anilines is 1. The van der Waals surface area contributed by atoms with Crippen molar-refractivity contribution in [3.8, 4) is 16.9 Å². The second-order valence-corrected chi connectivity index (χ2v) is 8.33. The van der Waals surface area contributed by atoms with Gasteiger partial charge in [0.2, 0.25) is 11.1 Å². The van der Waals surface area contributed by atoms with Crippen LogP contribution in [-0.2, 0) is 4.79 Å². The molecule has 146 valence electrons. The molecular weight excluding hydrogens is 451 g/mol. The number of benzene rings is 2. The average molecular weight is 463 g/mol. The summed E-state index contributed by atoms with van der Waals surface area (Å²) in [6.45, 7) is 0. The fourth-order valence-corrected chi connectivity index (χ4v) is 4.13. The van der Waals surface area contributed by atoms with E-state index in [1.54, 1.807) is 16.8 Å². The standard InChI is InChI=1S/C18H12Cl2N6OS2/c19-13-7-6-11(8-14(13)20)15-9-28-17(21-15)22-16(27)10-29-18-23-24-25-26(18)12-4-2-1-3-5-12/h1-9H,10H2,(H,21,22,27). The molecule has 0 bridgehead atoms. The number of hydrogen-bond acceptors (Lipinski definition) is 7. The predicted molar refractivity (Wildman–Crippen MR) is 116 cm³/mol. The molecule has 0 aliphatic carbocycles. The van der Waals surface area contributed by atoms with Gasteiger partial charge in [0.15, 0.2) is 5.13 Å². The first-order valence-corrected chi connectivity index (χ1v) is 10.9. The van der Waals surface area contributed by atoms with E-state index in [-0.39, 0.29) is 11.7 Å². The van der Waals surface area contributed by atoms with Crippen LogP contribution in [0, 0.1) is 0 Å². The third-order valence-corrected chi connectivity index (χ3v) is 6.16. The zero-order valence-electron chi connectivity index (χ0n) is 14.6. The predicted octanol–water partition coefficient (Wildman–Crippen LogP) is 4.82. The lowest BCUT2D eigenvalue weighted by Crippen LogP contribution is -2.14. The molecule has 4 rings (SSSR count). The van der Waals surface area contributed by atoms with Crippen LogP contribution in [0.2, 0.25) is 10.0 Å². The van der Waals surface area contributed by atoms with Gasteiger partial charge < -0.3 is 5.32 Å². The molecule has 2 aromatic heterocycles. The van der Waals surface area contributed by atoms with Crippen molar-refractivity contribution in [1.29, 1.82) is 0 Å². The van der Waals surface area contributed by atoms with Gasteiger partial charge in [-0.3, -0.25) is 4.79 Å². The summed E-state index contributed by atoms with van der Waals surface area (Å²) in [5.41, 5.74) is 2.36. The van der Waals surface area contributed by atoms with Crippen LogP contribution in [-0.4, -0.2) is 36.9 Å². The van der Waals surface area contributed by atoms with Crippen LogP contribution < -0.4 is 5.32 Å². The number of para-hydroxylation sites is 1. The normalized spacial score (nSPS) is 10.8. The van der Waals surface area contributed by atoms with E-state index < -0.39 is 0 Å². The number of tetrazole rings is 1. The Morgan fingerprint density at radius 1 is 1.14 bits per heavy atom. The van der Waals surface area contributed by atoms with E-state index in [9.17, 15) is 4.79 Å². The minimum Gasteiger partial charge on any atom is -0.301 e. The van der Waals surface area contributed by atoms with Crippen molar-refractivity contribution < 1.29 is 4.79 Å². The van der Waals surface area contributed by atoms with Crippen LogP contribution in [0.15, 0.2) is 59.1 Å². The highest BCUT2D eigenvalue weighted by molar-refractivity contribution is 7.99. The number of rotatable bonds is 6. The maximum atomic E-state index is 12.3. The van der Waals surface area contributed by atoms with Gasteiger partial charge in [-0.15, -0.1) is 16.4 Å². The molecular formula is C18H12Cl2N6OS2. The molecule has 0 fully saturated rings. The Morgan fingerprint density at radius 3 is 2.76 bits per heavy atom. The number of nitrogens with one attached hydrogen (secondary N) is 1. The van der Waals surface area contributed by atoms with Crippen molar-refractivity contribution in [2.75, 3.05) is 11.1 Å². The first-order valence-electron chi connectivity index (χ1n) is 8.27. The Balaban J connectivity index is 1.38. The number of aromatic nitrogens is 5. The number of nitrogens with zero attached hydrogens (tertiary/aromatic N) is 5. The molecule has 11 heteroatoms. The summed E-state index contributed by atoms with van der Waals surface area (Å²) < 4.78 is 1.59. The molecule has 0 atom stereocenters. The van der Waals surface area contributed by atoms with E-state index >= 15 is 0 Å². The molecule has 4 aromatic rings. The van der Waals surface area contributed by atoms with Gasteiger partial charge in [-0.05, 0) is 34.7 Å². The molecule has 0 spiro atoms. The number of carbonyl (C=O) groups is 1. The number of thioether (sulfide) groups is 1. The van der Waals surface area contributed by atoms with Crippen LogP contribution in [0.25, 0.3) is 16.9 Å². The summed E-state index contributed by atoms with van der Waals surface area (Å²) in [6.07, 6.45) is 0. The summed E-state index contributed by atoms with van der Waals surface area (Å²) in [7, 11) is 0. The lowest BCUT2D eigenvalue weighted by Gasteiger charge is -2.04. The lowest BCUT2D eigenvalue weighted by molar-refractivity contribution is -0.113. The molecule has 0 unspecified atom stereocenters. The first kappa shape index (κ1) is 19.8. The minimum absolute atomic E-state index is 0.148. The number of thiazole rings is 1. The first-order chi connectivity index (χ1) is 14.1. The van der Waals surface area contributed by atoms with Crippen molar-refractivity contribution in [3.05, 3.63) is 64.0 Å². The van der Waals surface area contributed by atoms with Crippen LogP contribution in [0.1, 0.15) is 0 Å². The molecule has 0 aliphatic heterocycles. The Labute approximate surface area is 184 Å². The van der Waals surface area contributed by atoms with Crippen molar-refractivity contribution in [2.24, 2.45) is 0 Å². The molecule has 7 nitrogen and oxygen atoms in total. The fraction of sp³-hybridized carbons (Fsp3) is 0.0556. The molecule has 0 radical (unpaired) electrons. The third kappa shape index (κ3) is 4.76. The molecule has 1 N–H and O–H groups in total. The zero-order valence-corrected chi connectivity index (χ0v) is 17.8. The van der Waals surface area contributed by atoms with Crippen LogP contribution in [0.4, 0.5) is 5.13 Å². The monoisotopic (exact) mass is 462 g/mol. The molecule has 29 heavy (non-hydrogen) atoms. The summed E-state index contributed by atoms with van der Waals surface area (Å²) in [6, 6.07) is 14.8. The van der Waals surface area contributed by atoms with Gasteiger partial charge in [-0.2, -0.15) is 4.68 Å². The maximum Gasteiger partial charge on any atom is 0.236 e. The van der Waals surface area contributed by atoms with Gasteiger partial charge in [-0.1, -0.05) is 59.2 Å². The van der Waals surface area contributed by atoms with E-state index in [1.165, 1.54) is 23.1 Å². The summed E-state index contributed by atoms with van der Waals surface area (Å²) in [5, 5.41) is 18.2. The van der Waals surface area contributed by atoms with Crippen molar-refractivity contribution in [3.63, 3.8) is 0 Å². The second-order valence-electron chi connectivity index (χ2n) is 5.71. The number of halogens is 2. The van der Waals surface area contributed by atoms with Gasteiger partial charge in [0.25, 0.3) is 0 Å². The zero-order chi connectivity index (χ0) is 20.2. The Bertz CT molecular complexity index is 1150. The number of carbonyl (C=O) groups excluding carboxylic acids is 1. The highest BCUT2D eigenvalue weighted by Crippen LogP contribution is 2.30. The molecule has 2 heterocycles. The SMILES string of the molecule is O=C(CSc1nnnn1-c1ccccc1)Nc1nc(-c2ccc(Cl)c(Cl)c2)cs1. The number of hydrogen-bond donors (Lipinski definition) is 1. The molecule has 2 aromatic carbocycles. The van der Waals surface area contributed by atoms with Gasteiger partial charge in [0.05, 0.1) is 27.2 Å². The van der Waals surface area contributed by atoms with Gasteiger partial charge in [0.1, 0.15) is 0 Å². The minimum atomic E-state index is -0.201. The van der Waals surface area contributed by atoms with Crippen LogP contribution in [0.3, 0.4) is 0 Å². The maximum absolute atomic E-state index is 12.3. The van der Waals surface area contributed by atoms with E-state index in [0.29, 0.717) is 26.0 Å². The smallest absolute Gasteiger partial charge is 0.236 e. The van der Waals surface area contributed by atoms with Crippen LogP contribution in [0.5, 0.6) is 0 Å². The second kappa shape index (κ2) is 8.91. The molecule has 1 amide bonds. The Hall–Kier alpha value is -2.46. The quantitative estimate of drug-likeness (QED) is 0.413. The highest BCUT2D eigenvalue weighted by Gasteiger charge is 2.13. The summed E-state index contributed by atoms with van der Waals surface area (Å²) in [4.78, 5) is 16.7. The van der Waals surface area contributed by atoms with Gasteiger partial charge in [-0.25, -0.2) is 4.98 Å². The summed E-state index contributed by atoms with van der Waals surface area (Å²) in [5.74, 6) is -0.0535. The average Bonchev–Trinajstić information content (AvgIpc) is 3.39. The van der Waals surface area contributed by atoms with Crippen molar-refractivity contribution >= 4 is 57.3 Å². The van der Waals surface area contributed by atoms with Crippen molar-refractivity contribution in [1.82, 2.24) is 25.2 Å². The van der Waals surface area contributed by atoms with Crippen molar-refractivity contribution in [2.45, 2.75) is 5.16 Å². The largest absolute Gasteiger partial charge is 0.301 e. The van der Waals surface area contributed by atoms with E-state index in [0.717, 1.165) is 11.3 Å². The third-order valence-electron chi connectivity index (χ3n) is 3.74.